The van der Waals surface area contributed by atoms with Crippen LogP contribution in [0.2, 0.25) is 0 Å². The van der Waals surface area contributed by atoms with E-state index in [0.29, 0.717) is 11.3 Å². The van der Waals surface area contributed by atoms with Crippen molar-refractivity contribution >= 4 is 11.4 Å². The Morgan fingerprint density at radius 2 is 1.78 bits per heavy atom. The molecular formula is C14H10N4. The van der Waals surface area contributed by atoms with E-state index in [4.69, 9.17) is 10.5 Å². The number of nitrogens with zero attached hydrogens (tertiary/aromatic N) is 4. The van der Waals surface area contributed by atoms with E-state index in [9.17, 15) is 0 Å². The van der Waals surface area contributed by atoms with E-state index in [2.05, 4.69) is 17.1 Å². The van der Waals surface area contributed by atoms with Crippen molar-refractivity contribution in [3.05, 3.63) is 53.9 Å². The van der Waals surface area contributed by atoms with Crippen molar-refractivity contribution in [2.45, 2.75) is 0 Å². The Morgan fingerprint density at radius 3 is 2.39 bits per heavy atom. The summed E-state index contributed by atoms with van der Waals surface area (Å²) < 4.78 is 0. The molecule has 0 saturated carbocycles. The molecule has 1 heterocycles. The summed E-state index contributed by atoms with van der Waals surface area (Å²) in [6.45, 7) is 0. The maximum absolute atomic E-state index is 9.01. The number of nitriles is 2. The van der Waals surface area contributed by atoms with E-state index in [1.165, 1.54) is 0 Å². The minimum absolute atomic E-state index is 0.379. The van der Waals surface area contributed by atoms with Crippen LogP contribution in [0.4, 0.5) is 11.4 Å². The van der Waals surface area contributed by atoms with Crippen molar-refractivity contribution in [3.8, 4) is 12.1 Å². The summed E-state index contributed by atoms with van der Waals surface area (Å²) in [7, 11) is 1.86. The molecule has 86 valence electrons. The third kappa shape index (κ3) is 2.14. The third-order valence-electron chi connectivity index (χ3n) is 2.64. The van der Waals surface area contributed by atoms with Crippen LogP contribution < -0.4 is 4.90 Å². The number of benzene rings is 1. The molecule has 1 aromatic heterocycles. The van der Waals surface area contributed by atoms with E-state index >= 15 is 0 Å². The van der Waals surface area contributed by atoms with Crippen LogP contribution >= 0.6 is 0 Å². The third-order valence-corrected chi connectivity index (χ3v) is 2.64. The highest BCUT2D eigenvalue weighted by atomic mass is 15.1. The molecule has 0 aliphatic heterocycles. The molecule has 0 unspecified atom stereocenters. The van der Waals surface area contributed by atoms with Crippen molar-refractivity contribution in [2.75, 3.05) is 11.9 Å². The fourth-order valence-corrected chi connectivity index (χ4v) is 1.65. The maximum atomic E-state index is 9.01. The van der Waals surface area contributed by atoms with Gasteiger partial charge in [0.1, 0.15) is 6.07 Å². The molecule has 18 heavy (non-hydrogen) atoms. The first-order valence-electron chi connectivity index (χ1n) is 5.35. The zero-order chi connectivity index (χ0) is 13.0. The Kier molecular flexibility index (Phi) is 3.22. The lowest BCUT2D eigenvalue weighted by Crippen LogP contribution is -2.11. The van der Waals surface area contributed by atoms with Crippen molar-refractivity contribution in [1.29, 1.82) is 10.5 Å². The van der Waals surface area contributed by atoms with Gasteiger partial charge in [0, 0.05) is 18.9 Å². The molecule has 0 fully saturated rings. The number of pyridine rings is 1. The minimum atomic E-state index is 0.379. The highest BCUT2D eigenvalue weighted by Crippen LogP contribution is 2.25. The van der Waals surface area contributed by atoms with Crippen LogP contribution in [0.15, 0.2) is 42.6 Å². The Bertz CT molecular complexity index is 632. The second-order valence-electron chi connectivity index (χ2n) is 3.70. The lowest BCUT2D eigenvalue weighted by molar-refractivity contribution is 1.15. The topological polar surface area (TPSA) is 63.7 Å². The van der Waals surface area contributed by atoms with Gasteiger partial charge in [0.05, 0.1) is 17.3 Å². The molecule has 0 aliphatic rings. The van der Waals surface area contributed by atoms with E-state index in [1.54, 1.807) is 24.4 Å². The molecule has 0 saturated heterocycles. The fourth-order valence-electron chi connectivity index (χ4n) is 1.65. The predicted molar refractivity (Wildman–Crippen MR) is 68.2 cm³/mol. The lowest BCUT2D eigenvalue weighted by atomic mass is 10.2. The van der Waals surface area contributed by atoms with Crippen LogP contribution in [0.1, 0.15) is 11.3 Å². The normalized spacial score (nSPS) is 9.28. The molecule has 1 aromatic carbocycles. The zero-order valence-electron chi connectivity index (χ0n) is 9.83. The summed E-state index contributed by atoms with van der Waals surface area (Å²) in [6, 6.07) is 14.9. The lowest BCUT2D eigenvalue weighted by Gasteiger charge is -2.19. The van der Waals surface area contributed by atoms with E-state index < -0.39 is 0 Å². The average Bonchev–Trinajstić information content (AvgIpc) is 2.46. The molecular weight excluding hydrogens is 224 g/mol. The summed E-state index contributed by atoms with van der Waals surface area (Å²) in [6.07, 6.45) is 1.59. The highest BCUT2D eigenvalue weighted by molar-refractivity contribution is 5.67. The van der Waals surface area contributed by atoms with Gasteiger partial charge < -0.3 is 4.90 Å². The van der Waals surface area contributed by atoms with E-state index in [1.807, 2.05) is 30.1 Å². The Morgan fingerprint density at radius 1 is 1.06 bits per heavy atom. The van der Waals surface area contributed by atoms with Gasteiger partial charge in [-0.15, -0.1) is 0 Å². The van der Waals surface area contributed by atoms with Gasteiger partial charge in [-0.05, 0) is 36.4 Å². The molecule has 2 aromatic rings. The first kappa shape index (κ1) is 11.6. The number of rotatable bonds is 2. The Balaban J connectivity index is 2.39. The van der Waals surface area contributed by atoms with E-state index in [-0.39, 0.29) is 0 Å². The summed E-state index contributed by atoms with van der Waals surface area (Å²) in [5.41, 5.74) is 2.63. The molecule has 0 atom stereocenters. The molecule has 0 amide bonds. The van der Waals surface area contributed by atoms with Gasteiger partial charge in [0.25, 0.3) is 0 Å². The fraction of sp³-hybridized carbons (Fsp3) is 0.0714. The summed E-state index contributed by atoms with van der Waals surface area (Å²) >= 11 is 0. The minimum Gasteiger partial charge on any atom is -0.342 e. The Labute approximate surface area is 105 Å². The van der Waals surface area contributed by atoms with Gasteiger partial charge in [-0.25, -0.2) is 4.98 Å². The SMILES string of the molecule is CN(c1ccc(C#N)cc1)c1cccnc1C#N. The van der Waals surface area contributed by atoms with Gasteiger partial charge in [-0.2, -0.15) is 10.5 Å². The van der Waals surface area contributed by atoms with Crippen LogP contribution in [0.3, 0.4) is 0 Å². The molecule has 4 nitrogen and oxygen atoms in total. The Hall–Kier alpha value is -2.85. The molecule has 0 spiro atoms. The number of aromatic nitrogens is 1. The number of anilines is 2. The second-order valence-corrected chi connectivity index (χ2v) is 3.70. The van der Waals surface area contributed by atoms with Crippen LogP contribution in [0.25, 0.3) is 0 Å². The summed E-state index contributed by atoms with van der Waals surface area (Å²) in [5, 5.41) is 17.8. The van der Waals surface area contributed by atoms with Gasteiger partial charge in [0.15, 0.2) is 5.69 Å². The van der Waals surface area contributed by atoms with Gasteiger partial charge in [-0.1, -0.05) is 0 Å². The van der Waals surface area contributed by atoms with Gasteiger partial charge in [0.2, 0.25) is 0 Å². The molecule has 0 aliphatic carbocycles. The molecule has 0 N–H and O–H groups in total. The average molecular weight is 234 g/mol. The largest absolute Gasteiger partial charge is 0.342 e. The van der Waals surface area contributed by atoms with Crippen molar-refractivity contribution in [2.24, 2.45) is 0 Å². The van der Waals surface area contributed by atoms with Crippen LogP contribution in [-0.4, -0.2) is 12.0 Å². The maximum Gasteiger partial charge on any atom is 0.164 e. The van der Waals surface area contributed by atoms with Crippen LogP contribution in [-0.2, 0) is 0 Å². The summed E-state index contributed by atoms with van der Waals surface area (Å²) in [5.74, 6) is 0. The number of hydrogen-bond acceptors (Lipinski definition) is 4. The van der Waals surface area contributed by atoms with Crippen molar-refractivity contribution in [1.82, 2.24) is 4.98 Å². The molecule has 4 heteroatoms. The highest BCUT2D eigenvalue weighted by Gasteiger charge is 2.09. The molecule has 0 bridgehead atoms. The number of hydrogen-bond donors (Lipinski definition) is 0. The zero-order valence-corrected chi connectivity index (χ0v) is 9.83. The second kappa shape index (κ2) is 4.99. The monoisotopic (exact) mass is 234 g/mol. The standard InChI is InChI=1S/C14H10N4/c1-18(12-6-4-11(9-15)5-7-12)14-3-2-8-17-13(14)10-16/h2-8H,1H3. The predicted octanol–water partition coefficient (Wildman–Crippen LogP) is 2.59. The first-order chi connectivity index (χ1) is 8.76. The van der Waals surface area contributed by atoms with E-state index in [0.717, 1.165) is 11.4 Å². The van der Waals surface area contributed by atoms with Crippen LogP contribution in [0, 0.1) is 22.7 Å². The van der Waals surface area contributed by atoms with Gasteiger partial charge >= 0.3 is 0 Å². The smallest absolute Gasteiger partial charge is 0.164 e. The quantitative estimate of drug-likeness (QED) is 0.801. The van der Waals surface area contributed by atoms with Crippen molar-refractivity contribution in [3.63, 3.8) is 0 Å². The molecule has 0 radical (unpaired) electrons. The summed E-state index contributed by atoms with van der Waals surface area (Å²) in [4.78, 5) is 5.89. The molecule has 2 rings (SSSR count). The van der Waals surface area contributed by atoms with Gasteiger partial charge in [-0.3, -0.25) is 0 Å². The van der Waals surface area contributed by atoms with Crippen LogP contribution in [0.5, 0.6) is 0 Å². The first-order valence-corrected chi connectivity index (χ1v) is 5.35. The van der Waals surface area contributed by atoms with Crippen molar-refractivity contribution < 1.29 is 0 Å².